The molecule has 1 heterocycles. The van der Waals surface area contributed by atoms with Crippen LogP contribution in [0.1, 0.15) is 42.6 Å². The molecule has 0 radical (unpaired) electrons. The van der Waals surface area contributed by atoms with E-state index in [9.17, 15) is 4.79 Å². The zero-order valence-electron chi connectivity index (χ0n) is 10.1. The highest BCUT2D eigenvalue weighted by atomic mass is 35.5. The van der Waals surface area contributed by atoms with Crippen LogP contribution in [-0.4, -0.2) is 16.4 Å². The van der Waals surface area contributed by atoms with E-state index in [4.69, 9.17) is 18.0 Å². The van der Waals surface area contributed by atoms with Gasteiger partial charge >= 0.3 is 0 Å². The third-order valence-corrected chi connectivity index (χ3v) is 3.49. The summed E-state index contributed by atoms with van der Waals surface area (Å²) < 4.78 is 0. The van der Waals surface area contributed by atoms with E-state index in [1.165, 1.54) is 6.42 Å². The largest absolute Gasteiger partial charge is 0.334 e. The minimum Gasteiger partial charge on any atom is -0.334 e. The van der Waals surface area contributed by atoms with Crippen molar-refractivity contribution in [3.63, 3.8) is 0 Å². The first-order valence-electron chi connectivity index (χ1n) is 6.08. The predicted octanol–water partition coefficient (Wildman–Crippen LogP) is 2.80. The summed E-state index contributed by atoms with van der Waals surface area (Å²) in [6.07, 6.45) is 10.5. The summed E-state index contributed by atoms with van der Waals surface area (Å²) in [4.78, 5) is 16.1. The van der Waals surface area contributed by atoms with Crippen LogP contribution in [0.2, 0.25) is 5.15 Å². The normalized spacial score (nSPS) is 17.8. The lowest BCUT2D eigenvalue weighted by atomic mass is 9.82. The Balaban J connectivity index is 2.13. The number of hydrogen-bond acceptors (Lipinski definition) is 2. The molecular weight excluding hydrogens is 248 g/mol. The second kappa shape index (κ2) is 5.41. The molecule has 4 heteroatoms. The second-order valence-corrected chi connectivity index (χ2v) is 4.97. The lowest BCUT2D eigenvalue weighted by molar-refractivity contribution is 0.0898. The Morgan fingerprint density at radius 2 is 2.11 bits per heavy atom. The zero-order chi connectivity index (χ0) is 13.0. The van der Waals surface area contributed by atoms with Crippen LogP contribution in [0.3, 0.4) is 0 Å². The van der Waals surface area contributed by atoms with Crippen molar-refractivity contribution in [1.82, 2.24) is 10.3 Å². The van der Waals surface area contributed by atoms with Gasteiger partial charge in [-0.2, -0.15) is 0 Å². The molecule has 1 aromatic rings. The number of pyridine rings is 1. The summed E-state index contributed by atoms with van der Waals surface area (Å²) >= 11 is 5.77. The number of nitrogens with zero attached hydrogens (tertiary/aromatic N) is 1. The average Bonchev–Trinajstić information content (AvgIpc) is 2.40. The number of aromatic nitrogens is 1. The van der Waals surface area contributed by atoms with Crippen LogP contribution < -0.4 is 5.32 Å². The maximum absolute atomic E-state index is 12.1. The van der Waals surface area contributed by atoms with Gasteiger partial charge in [0.05, 0.1) is 0 Å². The molecule has 2 rings (SSSR count). The Bertz CT molecular complexity index is 487. The predicted molar refractivity (Wildman–Crippen MR) is 71.4 cm³/mol. The molecule has 3 nitrogen and oxygen atoms in total. The van der Waals surface area contributed by atoms with Crippen LogP contribution in [0.25, 0.3) is 0 Å². The third kappa shape index (κ3) is 2.83. The van der Waals surface area contributed by atoms with E-state index in [2.05, 4.69) is 16.2 Å². The number of halogens is 1. The monoisotopic (exact) mass is 262 g/mol. The number of hydrogen-bond donors (Lipinski definition) is 1. The summed E-state index contributed by atoms with van der Waals surface area (Å²) in [5.74, 6) is 2.49. The first kappa shape index (κ1) is 12.9. The average molecular weight is 263 g/mol. The van der Waals surface area contributed by atoms with Gasteiger partial charge in [0.1, 0.15) is 16.4 Å². The first-order chi connectivity index (χ1) is 8.65. The summed E-state index contributed by atoms with van der Waals surface area (Å²) in [5.41, 5.74) is -0.206. The van der Waals surface area contributed by atoms with Crippen molar-refractivity contribution < 1.29 is 4.79 Å². The van der Waals surface area contributed by atoms with Gasteiger partial charge in [0, 0.05) is 0 Å². The lowest BCUT2D eigenvalue weighted by Crippen LogP contribution is -2.48. The number of carbonyl (C=O) groups excluding carboxylic acids is 1. The molecule has 1 aliphatic carbocycles. The molecule has 18 heavy (non-hydrogen) atoms. The topological polar surface area (TPSA) is 42.0 Å². The van der Waals surface area contributed by atoms with Gasteiger partial charge in [-0.15, -0.1) is 6.42 Å². The Morgan fingerprint density at radius 1 is 1.39 bits per heavy atom. The van der Waals surface area contributed by atoms with Gasteiger partial charge in [0.15, 0.2) is 0 Å². The second-order valence-electron chi connectivity index (χ2n) is 4.59. The van der Waals surface area contributed by atoms with Gasteiger partial charge in [-0.3, -0.25) is 4.79 Å². The lowest BCUT2D eigenvalue weighted by Gasteiger charge is -2.33. The van der Waals surface area contributed by atoms with Crippen LogP contribution >= 0.6 is 11.6 Å². The quantitative estimate of drug-likeness (QED) is 0.658. The fourth-order valence-corrected chi connectivity index (χ4v) is 2.44. The van der Waals surface area contributed by atoms with Crippen molar-refractivity contribution in [3.8, 4) is 12.3 Å². The summed E-state index contributed by atoms with van der Waals surface area (Å²) in [5, 5.41) is 3.24. The molecule has 0 unspecified atom stereocenters. The molecule has 94 valence electrons. The first-order valence-corrected chi connectivity index (χ1v) is 6.46. The maximum Gasteiger partial charge on any atom is 0.271 e. The maximum atomic E-state index is 12.1. The van der Waals surface area contributed by atoms with Crippen molar-refractivity contribution >= 4 is 17.5 Å². The number of amides is 1. The van der Waals surface area contributed by atoms with Crippen molar-refractivity contribution in [2.75, 3.05) is 0 Å². The standard InChI is InChI=1S/C14H15ClN2O/c1-2-14(9-4-3-5-10-14)17-13(18)11-7-6-8-12(15)16-11/h1,6-8H,3-5,9-10H2,(H,17,18). The van der Waals surface area contributed by atoms with Crippen molar-refractivity contribution in [1.29, 1.82) is 0 Å². The molecule has 0 atom stereocenters. The molecule has 0 spiro atoms. The highest BCUT2D eigenvalue weighted by Gasteiger charge is 2.31. The number of carbonyl (C=O) groups is 1. The van der Waals surface area contributed by atoms with Crippen molar-refractivity contribution in [3.05, 3.63) is 29.0 Å². The van der Waals surface area contributed by atoms with Crippen LogP contribution in [-0.2, 0) is 0 Å². The van der Waals surface area contributed by atoms with E-state index in [1.807, 2.05) is 0 Å². The van der Waals surface area contributed by atoms with E-state index >= 15 is 0 Å². The molecule has 1 N–H and O–H groups in total. The smallest absolute Gasteiger partial charge is 0.271 e. The Morgan fingerprint density at radius 3 is 2.72 bits per heavy atom. The molecule has 1 fully saturated rings. The van der Waals surface area contributed by atoms with Gasteiger partial charge in [-0.1, -0.05) is 42.9 Å². The SMILES string of the molecule is C#CC1(NC(=O)c2cccc(Cl)n2)CCCCC1. The van der Waals surface area contributed by atoms with Crippen molar-refractivity contribution in [2.45, 2.75) is 37.6 Å². The molecule has 1 saturated carbocycles. The van der Waals surface area contributed by atoms with Crippen LogP contribution in [0.4, 0.5) is 0 Å². The van der Waals surface area contributed by atoms with Gasteiger partial charge in [-0.25, -0.2) is 4.98 Å². The van der Waals surface area contributed by atoms with Crippen LogP contribution in [0, 0.1) is 12.3 Å². The molecule has 0 saturated heterocycles. The molecule has 1 amide bonds. The van der Waals surface area contributed by atoms with E-state index in [0.717, 1.165) is 25.7 Å². The fourth-order valence-electron chi connectivity index (χ4n) is 2.28. The highest BCUT2D eigenvalue weighted by Crippen LogP contribution is 2.27. The van der Waals surface area contributed by atoms with Crippen LogP contribution in [0.15, 0.2) is 18.2 Å². The summed E-state index contributed by atoms with van der Waals surface area (Å²) in [6, 6.07) is 4.97. The molecule has 0 aromatic carbocycles. The highest BCUT2D eigenvalue weighted by molar-refractivity contribution is 6.29. The van der Waals surface area contributed by atoms with Gasteiger partial charge in [-0.05, 0) is 25.0 Å². The number of nitrogens with one attached hydrogen (secondary N) is 1. The zero-order valence-corrected chi connectivity index (χ0v) is 10.8. The summed E-state index contributed by atoms with van der Waals surface area (Å²) in [6.45, 7) is 0. The van der Waals surface area contributed by atoms with Crippen molar-refractivity contribution in [2.24, 2.45) is 0 Å². The number of terminal acetylenes is 1. The van der Waals surface area contributed by atoms with E-state index < -0.39 is 5.54 Å². The Labute approximate surface area is 112 Å². The molecule has 0 aliphatic heterocycles. The fraction of sp³-hybridized carbons (Fsp3) is 0.429. The Kier molecular flexibility index (Phi) is 3.88. The van der Waals surface area contributed by atoms with Gasteiger partial charge < -0.3 is 5.32 Å². The summed E-state index contributed by atoms with van der Waals surface area (Å²) in [7, 11) is 0. The van der Waals surface area contributed by atoms with Gasteiger partial charge in [0.25, 0.3) is 5.91 Å². The third-order valence-electron chi connectivity index (χ3n) is 3.28. The minimum absolute atomic E-state index is 0.252. The van der Waals surface area contributed by atoms with E-state index in [1.54, 1.807) is 18.2 Å². The van der Waals surface area contributed by atoms with E-state index in [-0.39, 0.29) is 5.91 Å². The molecule has 1 aliphatic rings. The van der Waals surface area contributed by atoms with Crippen LogP contribution in [0.5, 0.6) is 0 Å². The molecular formula is C14H15ClN2O. The van der Waals surface area contributed by atoms with Gasteiger partial charge in [0.2, 0.25) is 0 Å². The number of rotatable bonds is 2. The minimum atomic E-state index is -0.515. The van der Waals surface area contributed by atoms with E-state index in [0.29, 0.717) is 10.8 Å². The molecule has 1 aromatic heterocycles. The molecule has 0 bridgehead atoms. The Hall–Kier alpha value is -1.53.